The van der Waals surface area contributed by atoms with Crippen molar-refractivity contribution in [3.8, 4) is 0 Å². The maximum absolute atomic E-state index is 5.72. The van der Waals surface area contributed by atoms with Gasteiger partial charge < -0.3 is 15.2 Å². The Morgan fingerprint density at radius 3 is 2.81 bits per heavy atom. The Kier molecular flexibility index (Phi) is 5.81. The fraction of sp³-hybridized carbons (Fsp3) is 0.800. The Labute approximate surface area is 95.7 Å². The van der Waals surface area contributed by atoms with Crippen molar-refractivity contribution in [2.75, 3.05) is 32.7 Å². The van der Waals surface area contributed by atoms with Crippen LogP contribution in [0.15, 0.2) is 0 Å². The standard InChI is InChI=1S/C10H20N4O2/c1-3-4-9-10(11)12-13-14(9)5-6-16-8-7-15-2/h3-8,11H2,1-2H3. The van der Waals surface area contributed by atoms with E-state index in [1.165, 1.54) is 0 Å². The summed E-state index contributed by atoms with van der Waals surface area (Å²) in [5, 5.41) is 7.84. The number of anilines is 1. The molecule has 0 amide bonds. The molecule has 0 bridgehead atoms. The molecule has 1 aromatic rings. The minimum atomic E-state index is 0.527. The molecule has 1 heterocycles. The Morgan fingerprint density at radius 1 is 1.31 bits per heavy atom. The molecule has 6 heteroatoms. The smallest absolute Gasteiger partial charge is 0.169 e. The van der Waals surface area contributed by atoms with E-state index in [9.17, 15) is 0 Å². The summed E-state index contributed by atoms with van der Waals surface area (Å²) in [5.41, 5.74) is 6.72. The second-order valence-electron chi connectivity index (χ2n) is 3.50. The van der Waals surface area contributed by atoms with E-state index in [2.05, 4.69) is 17.2 Å². The van der Waals surface area contributed by atoms with Gasteiger partial charge in [-0.1, -0.05) is 18.6 Å². The van der Waals surface area contributed by atoms with Crippen LogP contribution < -0.4 is 5.73 Å². The molecule has 0 fully saturated rings. The van der Waals surface area contributed by atoms with E-state index in [-0.39, 0.29) is 0 Å². The summed E-state index contributed by atoms with van der Waals surface area (Å²) in [6.45, 7) is 4.60. The Hall–Kier alpha value is -1.14. The highest BCUT2D eigenvalue weighted by Gasteiger charge is 2.08. The summed E-state index contributed by atoms with van der Waals surface area (Å²) in [6.07, 6.45) is 1.93. The van der Waals surface area contributed by atoms with Gasteiger partial charge in [-0.3, -0.25) is 0 Å². The lowest BCUT2D eigenvalue weighted by atomic mass is 10.2. The Morgan fingerprint density at radius 2 is 2.12 bits per heavy atom. The lowest BCUT2D eigenvalue weighted by Crippen LogP contribution is -2.13. The zero-order chi connectivity index (χ0) is 11.8. The Balaban J connectivity index is 2.35. The molecule has 0 unspecified atom stereocenters. The van der Waals surface area contributed by atoms with Crippen molar-refractivity contribution in [3.63, 3.8) is 0 Å². The highest BCUT2D eigenvalue weighted by atomic mass is 16.5. The fourth-order valence-corrected chi connectivity index (χ4v) is 1.42. The lowest BCUT2D eigenvalue weighted by Gasteiger charge is -2.06. The molecule has 92 valence electrons. The topological polar surface area (TPSA) is 75.2 Å². The first-order valence-corrected chi connectivity index (χ1v) is 5.54. The molecule has 0 aliphatic carbocycles. The summed E-state index contributed by atoms with van der Waals surface area (Å²) in [4.78, 5) is 0. The third kappa shape index (κ3) is 3.79. The number of hydrogen-bond acceptors (Lipinski definition) is 5. The van der Waals surface area contributed by atoms with Crippen molar-refractivity contribution < 1.29 is 9.47 Å². The van der Waals surface area contributed by atoms with E-state index >= 15 is 0 Å². The largest absolute Gasteiger partial charge is 0.382 e. The molecule has 1 aromatic heterocycles. The van der Waals surface area contributed by atoms with Gasteiger partial charge >= 0.3 is 0 Å². The highest BCUT2D eigenvalue weighted by Crippen LogP contribution is 2.09. The molecule has 0 atom stereocenters. The molecular weight excluding hydrogens is 208 g/mol. The quantitative estimate of drug-likeness (QED) is 0.655. The average molecular weight is 228 g/mol. The van der Waals surface area contributed by atoms with Crippen LogP contribution in [0.4, 0.5) is 5.82 Å². The molecule has 0 spiro atoms. The van der Waals surface area contributed by atoms with Crippen LogP contribution in [0.25, 0.3) is 0 Å². The number of rotatable bonds is 8. The summed E-state index contributed by atoms with van der Waals surface area (Å²) in [7, 11) is 1.65. The van der Waals surface area contributed by atoms with Gasteiger partial charge in [0.05, 0.1) is 32.1 Å². The van der Waals surface area contributed by atoms with E-state index in [0.29, 0.717) is 32.2 Å². The zero-order valence-corrected chi connectivity index (χ0v) is 9.98. The molecule has 0 aliphatic heterocycles. The molecule has 6 nitrogen and oxygen atoms in total. The number of methoxy groups -OCH3 is 1. The van der Waals surface area contributed by atoms with Crippen LogP contribution in [-0.2, 0) is 22.4 Å². The van der Waals surface area contributed by atoms with Crippen LogP contribution in [0, 0.1) is 0 Å². The molecule has 0 aromatic carbocycles. The van der Waals surface area contributed by atoms with Crippen LogP contribution in [0.5, 0.6) is 0 Å². The number of nitrogen functional groups attached to an aromatic ring is 1. The van der Waals surface area contributed by atoms with Crippen LogP contribution in [0.3, 0.4) is 0 Å². The molecule has 1 rings (SSSR count). The van der Waals surface area contributed by atoms with E-state index < -0.39 is 0 Å². The zero-order valence-electron chi connectivity index (χ0n) is 9.98. The third-order valence-electron chi connectivity index (χ3n) is 2.23. The normalized spacial score (nSPS) is 10.9. The maximum Gasteiger partial charge on any atom is 0.169 e. The van der Waals surface area contributed by atoms with Gasteiger partial charge in [-0.25, -0.2) is 4.68 Å². The van der Waals surface area contributed by atoms with Crippen molar-refractivity contribution >= 4 is 5.82 Å². The van der Waals surface area contributed by atoms with Gasteiger partial charge in [0, 0.05) is 7.11 Å². The Bertz CT molecular complexity index is 301. The monoisotopic (exact) mass is 228 g/mol. The number of nitrogens with zero attached hydrogens (tertiary/aromatic N) is 3. The molecular formula is C10H20N4O2. The van der Waals surface area contributed by atoms with Gasteiger partial charge in [0.15, 0.2) is 5.82 Å². The van der Waals surface area contributed by atoms with E-state index in [0.717, 1.165) is 18.5 Å². The maximum atomic E-state index is 5.72. The molecule has 0 aliphatic rings. The van der Waals surface area contributed by atoms with Gasteiger partial charge in [0.1, 0.15) is 0 Å². The van der Waals surface area contributed by atoms with Crippen molar-refractivity contribution in [1.82, 2.24) is 15.0 Å². The van der Waals surface area contributed by atoms with Crippen LogP contribution in [0.2, 0.25) is 0 Å². The SMILES string of the molecule is CCCc1c(N)nnn1CCOCCOC. The third-order valence-corrected chi connectivity index (χ3v) is 2.23. The van der Waals surface area contributed by atoms with Crippen molar-refractivity contribution in [2.24, 2.45) is 0 Å². The van der Waals surface area contributed by atoms with E-state index in [4.69, 9.17) is 15.2 Å². The van der Waals surface area contributed by atoms with Gasteiger partial charge in [-0.15, -0.1) is 5.10 Å². The lowest BCUT2D eigenvalue weighted by molar-refractivity contribution is 0.0649. The van der Waals surface area contributed by atoms with Crippen LogP contribution in [0.1, 0.15) is 19.0 Å². The molecule has 0 saturated carbocycles. The number of nitrogens with two attached hydrogens (primary N) is 1. The van der Waals surface area contributed by atoms with Gasteiger partial charge in [-0.05, 0) is 6.42 Å². The number of hydrogen-bond donors (Lipinski definition) is 1. The molecule has 0 radical (unpaired) electrons. The fourth-order valence-electron chi connectivity index (χ4n) is 1.42. The predicted molar refractivity (Wildman–Crippen MR) is 61.1 cm³/mol. The van der Waals surface area contributed by atoms with Gasteiger partial charge in [0.25, 0.3) is 0 Å². The predicted octanol–water partition coefficient (Wildman–Crippen LogP) is 0.476. The average Bonchev–Trinajstić information content (AvgIpc) is 2.62. The molecule has 16 heavy (non-hydrogen) atoms. The summed E-state index contributed by atoms with van der Waals surface area (Å²) in [6, 6.07) is 0. The second kappa shape index (κ2) is 7.19. The number of ether oxygens (including phenoxy) is 2. The van der Waals surface area contributed by atoms with Crippen molar-refractivity contribution in [1.29, 1.82) is 0 Å². The van der Waals surface area contributed by atoms with Gasteiger partial charge in [-0.2, -0.15) is 0 Å². The van der Waals surface area contributed by atoms with Gasteiger partial charge in [0.2, 0.25) is 0 Å². The highest BCUT2D eigenvalue weighted by molar-refractivity contribution is 5.32. The van der Waals surface area contributed by atoms with E-state index in [1.807, 2.05) is 4.68 Å². The number of aromatic nitrogens is 3. The van der Waals surface area contributed by atoms with Crippen LogP contribution >= 0.6 is 0 Å². The first kappa shape index (κ1) is 12.9. The minimum Gasteiger partial charge on any atom is -0.382 e. The van der Waals surface area contributed by atoms with Crippen LogP contribution in [-0.4, -0.2) is 41.9 Å². The van der Waals surface area contributed by atoms with E-state index in [1.54, 1.807) is 7.11 Å². The van der Waals surface area contributed by atoms with Crippen molar-refractivity contribution in [3.05, 3.63) is 5.69 Å². The minimum absolute atomic E-state index is 0.527. The molecule has 0 saturated heterocycles. The van der Waals surface area contributed by atoms with Crippen molar-refractivity contribution in [2.45, 2.75) is 26.3 Å². The summed E-state index contributed by atoms with van der Waals surface area (Å²) < 4.78 is 12.1. The molecule has 2 N–H and O–H groups in total. The first-order chi connectivity index (χ1) is 7.79. The summed E-state index contributed by atoms with van der Waals surface area (Å²) >= 11 is 0. The summed E-state index contributed by atoms with van der Waals surface area (Å²) in [5.74, 6) is 0.527. The first-order valence-electron chi connectivity index (χ1n) is 5.54. The second-order valence-corrected chi connectivity index (χ2v) is 3.50.